The first-order chi connectivity index (χ1) is 13.4. The highest BCUT2D eigenvalue weighted by molar-refractivity contribution is 5.93. The third kappa shape index (κ3) is 7.24. The lowest BCUT2D eigenvalue weighted by Crippen LogP contribution is -2.39. The molecule has 6 heteroatoms. The normalized spacial score (nSPS) is 13.8. The predicted octanol–water partition coefficient (Wildman–Crippen LogP) is 2.55. The molecule has 0 heterocycles. The van der Waals surface area contributed by atoms with Gasteiger partial charge in [-0.25, -0.2) is 0 Å². The molecule has 6 nitrogen and oxygen atoms in total. The predicted molar refractivity (Wildman–Crippen MR) is 115 cm³/mol. The van der Waals surface area contributed by atoms with Gasteiger partial charge in [0.2, 0.25) is 11.8 Å². The van der Waals surface area contributed by atoms with E-state index in [4.69, 9.17) is 0 Å². The molecule has 0 atom stereocenters. The Kier molecular flexibility index (Phi) is 8.93. The van der Waals surface area contributed by atoms with Crippen molar-refractivity contribution in [2.24, 2.45) is 0 Å². The number of hydrogen-bond acceptors (Lipinski definition) is 4. The van der Waals surface area contributed by atoms with Crippen LogP contribution in [0.2, 0.25) is 0 Å². The Hall–Kier alpha value is -1.92. The molecule has 0 bridgehead atoms. The third-order valence-corrected chi connectivity index (χ3v) is 5.43. The van der Waals surface area contributed by atoms with E-state index < -0.39 is 0 Å². The second kappa shape index (κ2) is 11.2. The summed E-state index contributed by atoms with van der Waals surface area (Å²) in [7, 11) is 0. The topological polar surface area (TPSA) is 64.7 Å². The Morgan fingerprint density at radius 2 is 1.68 bits per heavy atom. The molecule has 1 aromatic rings. The maximum Gasteiger partial charge on any atom is 0.238 e. The van der Waals surface area contributed by atoms with E-state index in [2.05, 4.69) is 34.3 Å². The number of aryl methyl sites for hydroxylation is 2. The summed E-state index contributed by atoms with van der Waals surface area (Å²) >= 11 is 0. The molecule has 2 rings (SSSR count). The summed E-state index contributed by atoms with van der Waals surface area (Å²) in [5, 5.41) is 6.05. The second-order valence-corrected chi connectivity index (χ2v) is 7.64. The molecule has 1 saturated carbocycles. The molecule has 0 aromatic heterocycles. The number of nitrogens with zero attached hydrogens (tertiary/aromatic N) is 2. The smallest absolute Gasteiger partial charge is 0.238 e. The number of hydrogen-bond donors (Lipinski definition) is 2. The van der Waals surface area contributed by atoms with Gasteiger partial charge in [0.25, 0.3) is 0 Å². The molecular formula is C22H36N4O2. The van der Waals surface area contributed by atoms with Crippen molar-refractivity contribution in [2.45, 2.75) is 53.0 Å². The van der Waals surface area contributed by atoms with Crippen LogP contribution in [0.5, 0.6) is 0 Å². The summed E-state index contributed by atoms with van der Waals surface area (Å²) in [6.07, 6.45) is 2.66. The summed E-state index contributed by atoms with van der Waals surface area (Å²) in [5.74, 6) is 0.0548. The first-order valence-corrected chi connectivity index (χ1v) is 10.5. The molecule has 0 saturated heterocycles. The van der Waals surface area contributed by atoms with Crippen LogP contribution in [0, 0.1) is 13.8 Å². The van der Waals surface area contributed by atoms with Gasteiger partial charge in [0.1, 0.15) is 0 Å². The van der Waals surface area contributed by atoms with Crippen molar-refractivity contribution in [2.75, 3.05) is 44.6 Å². The summed E-state index contributed by atoms with van der Waals surface area (Å²) in [6, 6.07) is 6.44. The lowest BCUT2D eigenvalue weighted by atomic mass is 10.1. The average molecular weight is 389 g/mol. The van der Waals surface area contributed by atoms with Gasteiger partial charge in [0.15, 0.2) is 0 Å². The van der Waals surface area contributed by atoms with Crippen LogP contribution in [0.25, 0.3) is 0 Å². The van der Waals surface area contributed by atoms with E-state index in [1.807, 2.05) is 32.0 Å². The van der Waals surface area contributed by atoms with Crippen LogP contribution in [0.4, 0.5) is 5.69 Å². The van der Waals surface area contributed by atoms with Crippen LogP contribution in [-0.2, 0) is 9.59 Å². The van der Waals surface area contributed by atoms with Crippen molar-refractivity contribution in [3.8, 4) is 0 Å². The summed E-state index contributed by atoms with van der Waals surface area (Å²) < 4.78 is 0. The van der Waals surface area contributed by atoms with Crippen molar-refractivity contribution >= 4 is 17.5 Å². The molecule has 0 aliphatic heterocycles. The van der Waals surface area contributed by atoms with Gasteiger partial charge in [-0.3, -0.25) is 14.5 Å². The van der Waals surface area contributed by atoms with Crippen molar-refractivity contribution < 1.29 is 9.59 Å². The van der Waals surface area contributed by atoms with Gasteiger partial charge in [0.05, 0.1) is 6.54 Å². The van der Waals surface area contributed by atoms with E-state index in [-0.39, 0.29) is 11.8 Å². The Morgan fingerprint density at radius 1 is 1.04 bits per heavy atom. The fraction of sp³-hybridized carbons (Fsp3) is 0.636. The lowest BCUT2D eigenvalue weighted by molar-refractivity contribution is -0.122. The zero-order chi connectivity index (χ0) is 20.5. The van der Waals surface area contributed by atoms with Crippen molar-refractivity contribution in [3.05, 3.63) is 29.3 Å². The number of carbonyl (C=O) groups is 2. The zero-order valence-corrected chi connectivity index (χ0v) is 17.9. The lowest BCUT2D eigenvalue weighted by Gasteiger charge is -2.22. The highest BCUT2D eigenvalue weighted by Gasteiger charge is 2.30. The first kappa shape index (κ1) is 22.4. The van der Waals surface area contributed by atoms with Crippen LogP contribution in [-0.4, -0.2) is 66.9 Å². The molecule has 2 amide bonds. The molecule has 28 heavy (non-hydrogen) atoms. The number of likely N-dealkylation sites (N-methyl/N-ethyl adjacent to an activating group) is 1. The van der Waals surface area contributed by atoms with Gasteiger partial charge in [0, 0.05) is 37.8 Å². The van der Waals surface area contributed by atoms with E-state index in [0.717, 1.165) is 49.3 Å². The molecule has 1 aromatic carbocycles. The Morgan fingerprint density at radius 3 is 2.25 bits per heavy atom. The van der Waals surface area contributed by atoms with Gasteiger partial charge in [-0.05, 0) is 50.9 Å². The van der Waals surface area contributed by atoms with Gasteiger partial charge in [-0.15, -0.1) is 0 Å². The molecule has 0 radical (unpaired) electrons. The van der Waals surface area contributed by atoms with Crippen molar-refractivity contribution in [1.82, 2.24) is 15.1 Å². The molecule has 0 unspecified atom stereocenters. The second-order valence-electron chi connectivity index (χ2n) is 7.64. The van der Waals surface area contributed by atoms with Crippen LogP contribution < -0.4 is 10.6 Å². The molecule has 156 valence electrons. The number of benzene rings is 1. The minimum Gasteiger partial charge on any atom is -0.355 e. The van der Waals surface area contributed by atoms with E-state index in [9.17, 15) is 9.59 Å². The summed E-state index contributed by atoms with van der Waals surface area (Å²) in [6.45, 7) is 12.8. The third-order valence-electron chi connectivity index (χ3n) is 5.43. The average Bonchev–Trinajstić information content (AvgIpc) is 3.50. The fourth-order valence-corrected chi connectivity index (χ4v) is 3.43. The van der Waals surface area contributed by atoms with Crippen molar-refractivity contribution in [1.29, 1.82) is 0 Å². The van der Waals surface area contributed by atoms with Crippen LogP contribution in [0.1, 0.15) is 44.2 Å². The maximum absolute atomic E-state index is 12.6. The quantitative estimate of drug-likeness (QED) is 0.578. The van der Waals surface area contributed by atoms with Crippen molar-refractivity contribution in [3.63, 3.8) is 0 Å². The van der Waals surface area contributed by atoms with Crippen LogP contribution in [0.15, 0.2) is 18.2 Å². The summed E-state index contributed by atoms with van der Waals surface area (Å²) in [4.78, 5) is 29.1. The van der Waals surface area contributed by atoms with E-state index in [1.165, 1.54) is 0 Å². The number of rotatable bonds is 12. The minimum atomic E-state index is -0.00811. The van der Waals surface area contributed by atoms with Gasteiger partial charge < -0.3 is 15.5 Å². The SMILES string of the molecule is CCN(CC)CCNC(=O)CCN(CC(=O)Nc1c(C)cccc1C)C1CC1. The van der Waals surface area contributed by atoms with Crippen LogP contribution in [0.3, 0.4) is 0 Å². The Labute approximate surface area is 169 Å². The number of nitrogens with one attached hydrogen (secondary N) is 2. The van der Waals surface area contributed by atoms with Crippen LogP contribution >= 0.6 is 0 Å². The maximum atomic E-state index is 12.6. The minimum absolute atomic E-state index is 0.00811. The Bertz CT molecular complexity index is 634. The number of anilines is 1. The zero-order valence-electron chi connectivity index (χ0n) is 17.9. The largest absolute Gasteiger partial charge is 0.355 e. The molecule has 1 aliphatic carbocycles. The van der Waals surface area contributed by atoms with E-state index >= 15 is 0 Å². The van der Waals surface area contributed by atoms with Gasteiger partial charge in [-0.1, -0.05) is 32.0 Å². The molecule has 2 N–H and O–H groups in total. The van der Waals surface area contributed by atoms with E-state index in [1.54, 1.807) is 0 Å². The molecular weight excluding hydrogens is 352 g/mol. The highest BCUT2D eigenvalue weighted by atomic mass is 16.2. The molecule has 0 spiro atoms. The standard InChI is InChI=1S/C22H36N4O2/c1-5-25(6-2)15-13-23-20(27)12-14-26(19-10-11-19)16-21(28)24-22-17(3)8-7-9-18(22)4/h7-9,19H,5-6,10-16H2,1-4H3,(H,23,27)(H,24,28). The van der Waals surface area contributed by atoms with Gasteiger partial charge >= 0.3 is 0 Å². The fourth-order valence-electron chi connectivity index (χ4n) is 3.43. The number of carbonyl (C=O) groups excluding carboxylic acids is 2. The van der Waals surface area contributed by atoms with Gasteiger partial charge in [-0.2, -0.15) is 0 Å². The highest BCUT2D eigenvalue weighted by Crippen LogP contribution is 2.27. The Balaban J connectivity index is 1.77. The monoisotopic (exact) mass is 388 g/mol. The summed E-state index contributed by atoms with van der Waals surface area (Å²) in [5.41, 5.74) is 3.04. The first-order valence-electron chi connectivity index (χ1n) is 10.5. The number of para-hydroxylation sites is 1. The molecule has 1 fully saturated rings. The van der Waals surface area contributed by atoms with E-state index in [0.29, 0.717) is 32.1 Å². The number of amides is 2. The molecule has 1 aliphatic rings.